The number of hydrogen-bond donors (Lipinski definition) is 0. The Labute approximate surface area is 184 Å². The number of halogens is 1. The molecule has 0 atom stereocenters. The Hall–Kier alpha value is -2.98. The second kappa shape index (κ2) is 6.76. The van der Waals surface area contributed by atoms with E-state index in [2.05, 4.69) is 81.5 Å². The number of nitrogens with zero attached hydrogens (tertiary/aromatic N) is 1. The van der Waals surface area contributed by atoms with Crippen molar-refractivity contribution in [2.45, 2.75) is 33.5 Å². The van der Waals surface area contributed by atoms with Gasteiger partial charge in [0.05, 0.1) is 15.0 Å². The molecular weight excluding hydrogens is 401 g/mol. The Morgan fingerprint density at radius 3 is 2.45 bits per heavy atom. The standard InChI is InChI=1S/C27H27FNOSi/c1-16-13-21-19-12-11-18(28)14-24(19)30-27(21)26(17(16)2)23-15-25(31(4,5)6)20-9-7-8-10-22(20)29(23)3/h7-15H,1-6H3/q+1/i14D. The molecule has 0 amide bonds. The first-order valence-electron chi connectivity index (χ1n) is 11.1. The zero-order valence-electron chi connectivity index (χ0n) is 19.9. The summed E-state index contributed by atoms with van der Waals surface area (Å²) in [5.41, 5.74) is 6.58. The average molecular weight is 430 g/mol. The topological polar surface area (TPSA) is 17.0 Å². The van der Waals surface area contributed by atoms with Gasteiger partial charge in [0.2, 0.25) is 11.2 Å². The summed E-state index contributed by atoms with van der Waals surface area (Å²) in [5.74, 6) is -0.566. The lowest BCUT2D eigenvalue weighted by Crippen LogP contribution is -2.43. The molecule has 0 spiro atoms. The highest BCUT2D eigenvalue weighted by molar-refractivity contribution is 6.90. The molecular formula is C27H27FNOSi+. The van der Waals surface area contributed by atoms with E-state index >= 15 is 0 Å². The van der Waals surface area contributed by atoms with Crippen LogP contribution in [-0.4, -0.2) is 8.07 Å². The maximum Gasteiger partial charge on any atom is 0.216 e. The van der Waals surface area contributed by atoms with Crippen molar-refractivity contribution >= 4 is 46.1 Å². The molecule has 0 fully saturated rings. The van der Waals surface area contributed by atoms with E-state index in [1.807, 2.05) is 0 Å². The molecule has 5 aromatic rings. The minimum atomic E-state index is -1.66. The molecule has 31 heavy (non-hydrogen) atoms. The SMILES string of the molecule is [2H]c1c(F)ccc2c1oc1c(-c3cc([Si](C)(C)C)c4ccccc4[n+]3C)c(C)c(C)cc12. The van der Waals surface area contributed by atoms with Gasteiger partial charge in [0.1, 0.15) is 24.0 Å². The molecule has 0 bridgehead atoms. The van der Waals surface area contributed by atoms with Crippen molar-refractivity contribution in [3.05, 3.63) is 71.5 Å². The van der Waals surface area contributed by atoms with Gasteiger partial charge in [0.25, 0.3) is 0 Å². The van der Waals surface area contributed by atoms with Crippen LogP contribution in [0.5, 0.6) is 0 Å². The summed E-state index contributed by atoms with van der Waals surface area (Å²) in [4.78, 5) is 0. The molecule has 2 aromatic heterocycles. The zero-order chi connectivity index (χ0) is 22.9. The van der Waals surface area contributed by atoms with Gasteiger partial charge in [-0.2, -0.15) is 4.57 Å². The quantitative estimate of drug-likeness (QED) is 0.230. The molecule has 156 valence electrons. The van der Waals surface area contributed by atoms with Crippen LogP contribution >= 0.6 is 0 Å². The fraction of sp³-hybridized carbons (Fsp3) is 0.222. The molecule has 5 rings (SSSR count). The van der Waals surface area contributed by atoms with E-state index in [4.69, 9.17) is 5.79 Å². The minimum absolute atomic E-state index is 0.189. The van der Waals surface area contributed by atoms with Crippen LogP contribution in [0.25, 0.3) is 44.1 Å². The van der Waals surface area contributed by atoms with Gasteiger partial charge in [-0.3, -0.25) is 0 Å². The lowest BCUT2D eigenvalue weighted by atomic mass is 9.96. The van der Waals surface area contributed by atoms with Crippen LogP contribution in [0.4, 0.5) is 4.39 Å². The Morgan fingerprint density at radius 2 is 1.71 bits per heavy atom. The smallest absolute Gasteiger partial charge is 0.216 e. The Bertz CT molecular complexity index is 1560. The first kappa shape index (κ1) is 18.8. The van der Waals surface area contributed by atoms with Crippen LogP contribution in [0, 0.1) is 19.7 Å². The van der Waals surface area contributed by atoms with Crippen molar-refractivity contribution in [3.63, 3.8) is 0 Å². The van der Waals surface area contributed by atoms with Gasteiger partial charge >= 0.3 is 0 Å². The first-order valence-corrected chi connectivity index (χ1v) is 14.1. The summed E-state index contributed by atoms with van der Waals surface area (Å²) < 4.78 is 30.8. The number of fused-ring (bicyclic) bond motifs is 4. The van der Waals surface area contributed by atoms with Gasteiger partial charge in [-0.1, -0.05) is 31.8 Å². The number of benzene rings is 3. The number of aromatic nitrogens is 1. The van der Waals surface area contributed by atoms with Crippen molar-refractivity contribution in [1.82, 2.24) is 0 Å². The summed E-state index contributed by atoms with van der Waals surface area (Å²) in [7, 11) is 0.440. The number of hydrogen-bond acceptors (Lipinski definition) is 1. The molecule has 2 heterocycles. The molecule has 0 radical (unpaired) electrons. The molecule has 2 nitrogen and oxygen atoms in total. The van der Waals surface area contributed by atoms with Crippen LogP contribution < -0.4 is 9.75 Å². The van der Waals surface area contributed by atoms with Crippen molar-refractivity contribution in [2.24, 2.45) is 7.05 Å². The molecule has 4 heteroatoms. The lowest BCUT2D eigenvalue weighted by molar-refractivity contribution is -0.633. The molecule has 0 aliphatic rings. The molecule has 0 saturated heterocycles. The largest absolute Gasteiger partial charge is 0.455 e. The van der Waals surface area contributed by atoms with Gasteiger partial charge in [-0.05, 0) is 54.4 Å². The van der Waals surface area contributed by atoms with Crippen LogP contribution in [-0.2, 0) is 7.05 Å². The van der Waals surface area contributed by atoms with Gasteiger partial charge in [-0.25, -0.2) is 4.39 Å². The van der Waals surface area contributed by atoms with E-state index in [1.165, 1.54) is 22.2 Å². The monoisotopic (exact) mass is 429 g/mol. The second-order valence-corrected chi connectivity index (χ2v) is 14.5. The number of rotatable bonds is 2. The second-order valence-electron chi connectivity index (χ2n) is 9.49. The number of para-hydroxylation sites is 1. The highest BCUT2D eigenvalue weighted by Gasteiger charge is 2.29. The maximum atomic E-state index is 14.1. The van der Waals surface area contributed by atoms with Gasteiger partial charge in [-0.15, -0.1) is 0 Å². The fourth-order valence-electron chi connectivity index (χ4n) is 4.65. The minimum Gasteiger partial charge on any atom is -0.455 e. The Morgan fingerprint density at radius 1 is 0.968 bits per heavy atom. The summed E-state index contributed by atoms with van der Waals surface area (Å²) >= 11 is 0. The van der Waals surface area contributed by atoms with E-state index in [0.29, 0.717) is 5.58 Å². The zero-order valence-corrected chi connectivity index (χ0v) is 19.9. The van der Waals surface area contributed by atoms with Crippen LogP contribution in [0.2, 0.25) is 19.6 Å². The first-order chi connectivity index (χ1) is 15.1. The van der Waals surface area contributed by atoms with Gasteiger partial charge in [0.15, 0.2) is 0 Å². The molecule has 0 saturated carbocycles. The van der Waals surface area contributed by atoms with E-state index in [9.17, 15) is 4.39 Å². The normalized spacial score (nSPS) is 12.8. The maximum absolute atomic E-state index is 14.1. The highest BCUT2D eigenvalue weighted by Crippen LogP contribution is 2.39. The summed E-state index contributed by atoms with van der Waals surface area (Å²) in [5, 5.41) is 4.40. The van der Waals surface area contributed by atoms with Crippen molar-refractivity contribution < 1.29 is 14.7 Å². The summed E-state index contributed by atoms with van der Waals surface area (Å²) in [6.07, 6.45) is 0. The third kappa shape index (κ3) is 3.00. The lowest BCUT2D eigenvalue weighted by Gasteiger charge is -2.20. The van der Waals surface area contributed by atoms with Crippen molar-refractivity contribution in [3.8, 4) is 11.3 Å². The van der Waals surface area contributed by atoms with E-state index in [-0.39, 0.29) is 6.04 Å². The number of pyridine rings is 1. The van der Waals surface area contributed by atoms with E-state index in [0.717, 1.165) is 38.7 Å². The van der Waals surface area contributed by atoms with Gasteiger partial charge in [0, 0.05) is 34.3 Å². The molecule has 0 N–H and O–H groups in total. The van der Waals surface area contributed by atoms with Crippen molar-refractivity contribution in [2.75, 3.05) is 0 Å². The predicted octanol–water partition coefficient (Wildman–Crippen LogP) is 6.53. The molecule has 0 aliphatic heterocycles. The Kier molecular flexibility index (Phi) is 4.09. The highest BCUT2D eigenvalue weighted by atomic mass is 28.3. The third-order valence-electron chi connectivity index (χ3n) is 6.43. The molecule has 0 aliphatic carbocycles. The number of aryl methyl sites for hydroxylation is 2. The average Bonchev–Trinajstić information content (AvgIpc) is 3.10. The van der Waals surface area contributed by atoms with Crippen LogP contribution in [0.1, 0.15) is 12.5 Å². The fourth-order valence-corrected chi connectivity index (χ4v) is 6.24. The van der Waals surface area contributed by atoms with Crippen molar-refractivity contribution in [1.29, 1.82) is 0 Å². The van der Waals surface area contributed by atoms with Crippen LogP contribution in [0.3, 0.4) is 0 Å². The Balaban J connectivity index is 1.99. The van der Waals surface area contributed by atoms with E-state index < -0.39 is 13.9 Å². The van der Waals surface area contributed by atoms with Gasteiger partial charge < -0.3 is 4.42 Å². The number of furan rings is 1. The predicted molar refractivity (Wildman–Crippen MR) is 130 cm³/mol. The van der Waals surface area contributed by atoms with Crippen LogP contribution in [0.15, 0.2) is 59.0 Å². The summed E-state index contributed by atoms with van der Waals surface area (Å²) in [6.45, 7) is 11.3. The summed E-state index contributed by atoms with van der Waals surface area (Å²) in [6, 6.07) is 15.9. The van der Waals surface area contributed by atoms with E-state index in [1.54, 1.807) is 6.07 Å². The third-order valence-corrected chi connectivity index (χ3v) is 8.46. The molecule has 0 unspecified atom stereocenters. The molecule has 3 aromatic carbocycles.